The molecule has 74 valence electrons. The van der Waals surface area contributed by atoms with Crippen molar-refractivity contribution in [3.63, 3.8) is 0 Å². The van der Waals surface area contributed by atoms with Gasteiger partial charge in [-0.05, 0) is 18.2 Å². The summed E-state index contributed by atoms with van der Waals surface area (Å²) < 4.78 is 1.13. The van der Waals surface area contributed by atoms with Gasteiger partial charge in [0.25, 0.3) is 0 Å². The zero-order valence-electron chi connectivity index (χ0n) is 7.57. The highest BCUT2D eigenvalue weighted by atomic mass is 35.5. The fourth-order valence-electron chi connectivity index (χ4n) is 1.42. The third kappa shape index (κ3) is 1.52. The van der Waals surface area contributed by atoms with Gasteiger partial charge in [-0.2, -0.15) is 0 Å². The summed E-state index contributed by atoms with van der Waals surface area (Å²) in [5, 5.41) is 0.525. The largest absolute Gasteiger partial charge is 0.344 e. The van der Waals surface area contributed by atoms with Gasteiger partial charge in [-0.1, -0.05) is 11.6 Å². The molecule has 0 spiro atoms. The van der Waals surface area contributed by atoms with E-state index in [-0.39, 0.29) is 0 Å². The number of H-pyrrole nitrogens is 1. The molecule has 0 aliphatic rings. The van der Waals surface area contributed by atoms with Gasteiger partial charge < -0.3 is 4.98 Å². The highest BCUT2D eigenvalue weighted by Crippen LogP contribution is 2.31. The molecule has 1 N–H and O–H groups in total. The van der Waals surface area contributed by atoms with Crippen LogP contribution in [0.3, 0.4) is 0 Å². The number of pyridine rings is 1. The van der Waals surface area contributed by atoms with E-state index in [1.54, 1.807) is 29.9 Å². The molecule has 0 aliphatic carbocycles. The molecule has 5 heteroatoms. The molecule has 0 atom stereocenters. The summed E-state index contributed by atoms with van der Waals surface area (Å²) in [5.74, 6) is 0. The lowest BCUT2D eigenvalue weighted by Crippen LogP contribution is -1.72. The molecular weight excluding hydrogens is 230 g/mol. The van der Waals surface area contributed by atoms with Crippen LogP contribution in [0.5, 0.6) is 0 Å². The summed E-state index contributed by atoms with van der Waals surface area (Å²) in [4.78, 5) is 12.4. The maximum atomic E-state index is 5.83. The van der Waals surface area contributed by atoms with Crippen molar-refractivity contribution in [1.82, 2.24) is 15.0 Å². The Balaban J connectivity index is 2.22. The second kappa shape index (κ2) is 3.32. The number of aromatic amines is 1. The zero-order valence-corrected chi connectivity index (χ0v) is 9.14. The summed E-state index contributed by atoms with van der Waals surface area (Å²) in [5.41, 5.74) is 1.94. The number of rotatable bonds is 1. The standard InChI is InChI=1S/C10H6ClN3S/c11-10-2-1-8-6(14-10)3-9(15-8)7-4-12-5-13-7/h1-5H,(H,12,13). The van der Waals surface area contributed by atoms with E-state index in [0.29, 0.717) is 5.15 Å². The van der Waals surface area contributed by atoms with E-state index in [0.717, 1.165) is 20.8 Å². The van der Waals surface area contributed by atoms with Crippen LogP contribution in [0.2, 0.25) is 5.15 Å². The number of hydrogen-bond donors (Lipinski definition) is 1. The summed E-state index contributed by atoms with van der Waals surface area (Å²) in [6.07, 6.45) is 3.46. The number of fused-ring (bicyclic) bond motifs is 1. The smallest absolute Gasteiger partial charge is 0.129 e. The van der Waals surface area contributed by atoms with E-state index in [9.17, 15) is 0 Å². The lowest BCUT2D eigenvalue weighted by molar-refractivity contribution is 1.32. The Kier molecular flexibility index (Phi) is 1.97. The summed E-state index contributed by atoms with van der Waals surface area (Å²) in [6, 6.07) is 5.80. The van der Waals surface area contributed by atoms with E-state index in [4.69, 9.17) is 11.6 Å². The maximum Gasteiger partial charge on any atom is 0.129 e. The first kappa shape index (κ1) is 8.88. The van der Waals surface area contributed by atoms with E-state index in [1.807, 2.05) is 12.1 Å². The van der Waals surface area contributed by atoms with Crippen molar-refractivity contribution >= 4 is 33.2 Å². The van der Waals surface area contributed by atoms with Crippen LogP contribution in [0, 0.1) is 0 Å². The number of hydrogen-bond acceptors (Lipinski definition) is 3. The number of aromatic nitrogens is 3. The van der Waals surface area contributed by atoms with Crippen molar-refractivity contribution in [1.29, 1.82) is 0 Å². The van der Waals surface area contributed by atoms with Gasteiger partial charge in [0.15, 0.2) is 0 Å². The third-order valence-corrected chi connectivity index (χ3v) is 3.44. The molecular formula is C10H6ClN3S. The number of imidazole rings is 1. The molecule has 0 saturated carbocycles. The van der Waals surface area contributed by atoms with E-state index in [1.165, 1.54) is 0 Å². The zero-order chi connectivity index (χ0) is 10.3. The minimum Gasteiger partial charge on any atom is -0.344 e. The van der Waals surface area contributed by atoms with Crippen molar-refractivity contribution in [2.75, 3.05) is 0 Å². The SMILES string of the molecule is Clc1ccc2sc(-c3cnc[nH]3)cc2n1. The first-order chi connectivity index (χ1) is 7.33. The highest BCUT2D eigenvalue weighted by molar-refractivity contribution is 7.22. The van der Waals surface area contributed by atoms with E-state index < -0.39 is 0 Å². The quantitative estimate of drug-likeness (QED) is 0.658. The van der Waals surface area contributed by atoms with Crippen LogP contribution in [0.1, 0.15) is 0 Å². The van der Waals surface area contributed by atoms with Gasteiger partial charge in [-0.3, -0.25) is 0 Å². The molecule has 0 unspecified atom stereocenters. The van der Waals surface area contributed by atoms with Crippen LogP contribution >= 0.6 is 22.9 Å². The minimum absolute atomic E-state index is 0.525. The summed E-state index contributed by atoms with van der Waals surface area (Å²) in [6.45, 7) is 0. The fraction of sp³-hybridized carbons (Fsp3) is 0. The second-order valence-corrected chi connectivity index (χ2v) is 4.56. The highest BCUT2D eigenvalue weighted by Gasteiger charge is 2.06. The monoisotopic (exact) mass is 235 g/mol. The molecule has 0 saturated heterocycles. The molecule has 3 aromatic heterocycles. The average Bonchev–Trinajstić information content (AvgIpc) is 2.84. The molecule has 0 fully saturated rings. The molecule has 0 bridgehead atoms. The topological polar surface area (TPSA) is 41.6 Å². The maximum absolute atomic E-state index is 5.83. The minimum atomic E-state index is 0.525. The molecule has 3 rings (SSSR count). The number of nitrogens with zero attached hydrogens (tertiary/aromatic N) is 2. The van der Waals surface area contributed by atoms with Crippen LogP contribution in [-0.4, -0.2) is 15.0 Å². The Hall–Kier alpha value is -1.39. The van der Waals surface area contributed by atoms with Crippen LogP contribution < -0.4 is 0 Å². The van der Waals surface area contributed by atoms with Gasteiger partial charge in [0.2, 0.25) is 0 Å². The molecule has 0 amide bonds. The lowest BCUT2D eigenvalue weighted by Gasteiger charge is -1.87. The number of nitrogens with one attached hydrogen (secondary N) is 1. The van der Waals surface area contributed by atoms with Crippen LogP contribution in [0.15, 0.2) is 30.7 Å². The van der Waals surface area contributed by atoms with Gasteiger partial charge in [0.1, 0.15) is 5.15 Å². The molecule has 0 aromatic carbocycles. The fourth-order valence-corrected chi connectivity index (χ4v) is 2.55. The Morgan fingerprint density at radius 1 is 1.33 bits per heavy atom. The van der Waals surface area contributed by atoms with Crippen molar-refractivity contribution in [2.24, 2.45) is 0 Å². The van der Waals surface area contributed by atoms with Crippen molar-refractivity contribution in [3.05, 3.63) is 35.9 Å². The molecule has 3 heterocycles. The second-order valence-electron chi connectivity index (χ2n) is 3.09. The van der Waals surface area contributed by atoms with Gasteiger partial charge in [0, 0.05) is 0 Å². The average molecular weight is 236 g/mol. The Labute approximate surface area is 94.8 Å². The van der Waals surface area contributed by atoms with Gasteiger partial charge in [-0.15, -0.1) is 11.3 Å². The first-order valence-electron chi connectivity index (χ1n) is 4.38. The Morgan fingerprint density at radius 2 is 2.27 bits per heavy atom. The van der Waals surface area contributed by atoms with Gasteiger partial charge in [0.05, 0.1) is 33.3 Å². The first-order valence-corrected chi connectivity index (χ1v) is 5.57. The van der Waals surface area contributed by atoms with Crippen LogP contribution in [0.4, 0.5) is 0 Å². The molecule has 3 aromatic rings. The Morgan fingerprint density at radius 3 is 3.07 bits per heavy atom. The van der Waals surface area contributed by atoms with E-state index >= 15 is 0 Å². The van der Waals surface area contributed by atoms with Crippen molar-refractivity contribution < 1.29 is 0 Å². The summed E-state index contributed by atoms with van der Waals surface area (Å²) >= 11 is 7.50. The number of halogens is 1. The molecule has 0 radical (unpaired) electrons. The van der Waals surface area contributed by atoms with Gasteiger partial charge in [-0.25, -0.2) is 9.97 Å². The van der Waals surface area contributed by atoms with Crippen molar-refractivity contribution in [2.45, 2.75) is 0 Å². The molecule has 3 nitrogen and oxygen atoms in total. The third-order valence-electron chi connectivity index (χ3n) is 2.10. The normalized spacial score (nSPS) is 11.0. The van der Waals surface area contributed by atoms with Crippen LogP contribution in [-0.2, 0) is 0 Å². The molecule has 0 aliphatic heterocycles. The Bertz CT molecular complexity index is 600. The van der Waals surface area contributed by atoms with Crippen molar-refractivity contribution in [3.8, 4) is 10.6 Å². The number of thiophene rings is 1. The molecule has 15 heavy (non-hydrogen) atoms. The van der Waals surface area contributed by atoms with E-state index in [2.05, 4.69) is 15.0 Å². The van der Waals surface area contributed by atoms with Gasteiger partial charge >= 0.3 is 0 Å². The van der Waals surface area contributed by atoms with Crippen LogP contribution in [0.25, 0.3) is 20.8 Å². The predicted molar refractivity (Wildman–Crippen MR) is 62.2 cm³/mol. The lowest BCUT2D eigenvalue weighted by atomic mass is 10.3. The summed E-state index contributed by atoms with van der Waals surface area (Å²) in [7, 11) is 0. The predicted octanol–water partition coefficient (Wildman–Crippen LogP) is 3.34.